The number of H-pyrrole nitrogens is 2. The molecule has 2 aliphatic heterocycles. The molecular weight excluding hydrogens is 739 g/mol. The molecular formula is C30H34ClN4O16P. The van der Waals surface area contributed by atoms with Crippen LogP contribution in [-0.2, 0) is 42.1 Å². The second kappa shape index (κ2) is 15.7. The fraction of sp³-hybridized carbons (Fsp3) is 0.467. The molecule has 5 rings (SSSR count). The lowest BCUT2D eigenvalue weighted by Crippen LogP contribution is -2.40. The van der Waals surface area contributed by atoms with Crippen LogP contribution in [0.3, 0.4) is 0 Å². The summed E-state index contributed by atoms with van der Waals surface area (Å²) >= 11 is 5.97. The molecule has 8 atom stereocenters. The number of aryl methyl sites for hydroxylation is 2. The number of benzene rings is 1. The van der Waals surface area contributed by atoms with Crippen LogP contribution in [0.15, 0.2) is 55.8 Å². The predicted molar refractivity (Wildman–Crippen MR) is 175 cm³/mol. The fourth-order valence-corrected chi connectivity index (χ4v) is 6.78. The van der Waals surface area contributed by atoms with Crippen LogP contribution in [0.25, 0.3) is 0 Å². The number of aliphatic hydroxyl groups is 2. The number of nitrogens with zero attached hydrogens (tertiary/aromatic N) is 2. The molecule has 4 heterocycles. The van der Waals surface area contributed by atoms with Gasteiger partial charge in [-0.1, -0.05) is 11.6 Å². The van der Waals surface area contributed by atoms with Crippen LogP contribution in [0.4, 0.5) is 0 Å². The molecule has 4 N–H and O–H groups in total. The zero-order valence-electron chi connectivity index (χ0n) is 27.8. The van der Waals surface area contributed by atoms with E-state index in [1.54, 1.807) is 0 Å². The summed E-state index contributed by atoms with van der Waals surface area (Å²) in [5.74, 6) is -1.76. The van der Waals surface area contributed by atoms with Crippen LogP contribution in [0.2, 0.25) is 5.02 Å². The van der Waals surface area contributed by atoms with Crippen molar-refractivity contribution in [3.8, 4) is 5.75 Å². The molecule has 0 radical (unpaired) electrons. The third-order valence-electron chi connectivity index (χ3n) is 7.89. The molecule has 282 valence electrons. The van der Waals surface area contributed by atoms with Crippen molar-refractivity contribution >= 4 is 31.4 Å². The molecule has 20 nitrogen and oxygen atoms in total. The Morgan fingerprint density at radius 2 is 1.19 bits per heavy atom. The summed E-state index contributed by atoms with van der Waals surface area (Å²) in [7, 11) is -4.83. The molecule has 0 spiro atoms. The number of phosphoric ester groups is 1. The highest BCUT2D eigenvalue weighted by Crippen LogP contribution is 2.51. The lowest BCUT2D eigenvalue weighted by Gasteiger charge is -2.25. The molecule has 1 aromatic carbocycles. The van der Waals surface area contributed by atoms with Gasteiger partial charge in [-0.15, -0.1) is 0 Å². The van der Waals surface area contributed by atoms with Gasteiger partial charge in [-0.2, -0.15) is 0 Å². The summed E-state index contributed by atoms with van der Waals surface area (Å²) in [6.07, 6.45) is -9.93. The first-order chi connectivity index (χ1) is 24.5. The monoisotopic (exact) mass is 772 g/mol. The minimum atomic E-state index is -4.83. The Kier molecular flexibility index (Phi) is 11.7. The maximum Gasteiger partial charge on any atom is 0.530 e. The second-order valence-corrected chi connectivity index (χ2v) is 13.8. The third kappa shape index (κ3) is 8.62. The molecule has 52 heavy (non-hydrogen) atoms. The van der Waals surface area contributed by atoms with Crippen molar-refractivity contribution in [1.82, 2.24) is 19.1 Å². The minimum absolute atomic E-state index is 0.0677. The number of carbonyl (C=O) groups excluding carboxylic acids is 2. The van der Waals surface area contributed by atoms with E-state index in [0.29, 0.717) is 5.02 Å². The average Bonchev–Trinajstić information content (AvgIpc) is 3.54. The molecule has 2 fully saturated rings. The van der Waals surface area contributed by atoms with Gasteiger partial charge in [-0.3, -0.25) is 47.3 Å². The zero-order chi connectivity index (χ0) is 38.1. The van der Waals surface area contributed by atoms with Gasteiger partial charge in [-0.05, 0) is 38.1 Å². The number of rotatable bonds is 12. The molecule has 2 aliphatic rings. The van der Waals surface area contributed by atoms with Crippen molar-refractivity contribution in [2.75, 3.05) is 13.2 Å². The van der Waals surface area contributed by atoms with Crippen LogP contribution < -0.4 is 27.0 Å². The van der Waals surface area contributed by atoms with Gasteiger partial charge >= 0.3 is 31.1 Å². The van der Waals surface area contributed by atoms with Gasteiger partial charge in [0.1, 0.15) is 30.2 Å². The van der Waals surface area contributed by atoms with Gasteiger partial charge in [0.25, 0.3) is 11.1 Å². The number of nitrogens with one attached hydrogen (secondary N) is 2. The molecule has 22 heteroatoms. The highest BCUT2D eigenvalue weighted by atomic mass is 35.5. The summed E-state index contributed by atoms with van der Waals surface area (Å²) in [5, 5.41) is 22.4. The standard InChI is InChI=1S/C30H34ClN4O16P/c1-13-9-34(29(42)32-25(13)40)27-21(38)23(47-15(3)36)19(49-27)11-45-52(44,51-18-7-5-17(31)6-8-18)46-12-20-24(48-16(4)37)22(39)28(50-20)35-10-14(2)26(41)33-30(35)43/h5-10,19-24,27-28,38-39H,11-12H2,1-4H3,(H,32,40,42)(H,33,41,43). The van der Waals surface area contributed by atoms with Crippen molar-refractivity contribution in [2.45, 2.75) is 76.8 Å². The second-order valence-electron chi connectivity index (χ2n) is 11.8. The summed E-state index contributed by atoms with van der Waals surface area (Å²) in [4.78, 5) is 77.1. The lowest BCUT2D eigenvalue weighted by molar-refractivity contribution is -0.154. The van der Waals surface area contributed by atoms with E-state index >= 15 is 0 Å². The first-order valence-electron chi connectivity index (χ1n) is 15.5. The zero-order valence-corrected chi connectivity index (χ0v) is 29.5. The van der Waals surface area contributed by atoms with Gasteiger partial charge < -0.3 is 33.7 Å². The Balaban J connectivity index is 1.41. The minimum Gasteiger partial charge on any atom is -0.457 e. The largest absolute Gasteiger partial charge is 0.530 e. The van der Waals surface area contributed by atoms with Crippen LogP contribution in [0.5, 0.6) is 5.75 Å². The number of ether oxygens (including phenoxy) is 4. The number of carbonyl (C=O) groups is 2. The van der Waals surface area contributed by atoms with E-state index in [1.165, 1.54) is 38.1 Å². The quantitative estimate of drug-likeness (QED) is 0.139. The van der Waals surface area contributed by atoms with Crippen LogP contribution in [-0.4, -0.2) is 91.1 Å². The highest BCUT2D eigenvalue weighted by Gasteiger charge is 2.51. The number of hydrogen-bond acceptors (Lipinski definition) is 16. The Bertz CT molecular complexity index is 1980. The van der Waals surface area contributed by atoms with Crippen molar-refractivity contribution < 1.29 is 56.9 Å². The van der Waals surface area contributed by atoms with Gasteiger partial charge in [0, 0.05) is 42.4 Å². The fourth-order valence-electron chi connectivity index (χ4n) is 5.44. The van der Waals surface area contributed by atoms with E-state index in [1.807, 2.05) is 0 Å². The number of aliphatic hydroxyl groups excluding tert-OH is 2. The predicted octanol–water partition coefficient (Wildman–Crippen LogP) is -0.0427. The summed E-state index contributed by atoms with van der Waals surface area (Å²) in [6.45, 7) is 3.40. The van der Waals surface area contributed by atoms with E-state index in [9.17, 15) is 43.5 Å². The van der Waals surface area contributed by atoms with Gasteiger partial charge in [-0.25, -0.2) is 14.2 Å². The average molecular weight is 773 g/mol. The first kappa shape index (κ1) is 38.8. The molecule has 0 saturated carbocycles. The number of halogens is 1. The number of aromatic amines is 2. The molecule has 2 aromatic heterocycles. The van der Waals surface area contributed by atoms with E-state index in [2.05, 4.69) is 9.97 Å². The highest BCUT2D eigenvalue weighted by molar-refractivity contribution is 7.48. The van der Waals surface area contributed by atoms with E-state index in [0.717, 1.165) is 35.4 Å². The van der Waals surface area contributed by atoms with Crippen LogP contribution in [0.1, 0.15) is 37.4 Å². The Morgan fingerprint density at radius 1 is 0.788 bits per heavy atom. The van der Waals surface area contributed by atoms with Gasteiger partial charge in [0.05, 0.1) is 13.2 Å². The molecule has 0 amide bonds. The molecule has 3 aromatic rings. The Morgan fingerprint density at radius 3 is 1.58 bits per heavy atom. The molecule has 0 aliphatic carbocycles. The Labute approximate surface area is 297 Å². The maximum atomic E-state index is 14.2. The lowest BCUT2D eigenvalue weighted by atomic mass is 10.1. The molecule has 2 saturated heterocycles. The Hall–Kier alpha value is -4.40. The van der Waals surface area contributed by atoms with Crippen molar-refractivity contribution in [3.63, 3.8) is 0 Å². The third-order valence-corrected chi connectivity index (χ3v) is 9.50. The van der Waals surface area contributed by atoms with Gasteiger partial charge in [0.2, 0.25) is 0 Å². The van der Waals surface area contributed by atoms with Crippen LogP contribution in [0, 0.1) is 13.8 Å². The van der Waals surface area contributed by atoms with E-state index in [-0.39, 0.29) is 16.9 Å². The first-order valence-corrected chi connectivity index (χ1v) is 17.3. The number of hydrogen-bond donors (Lipinski definition) is 4. The summed E-state index contributed by atoms with van der Waals surface area (Å²) < 4.78 is 54.9. The normalized spacial score (nSPS) is 26.8. The molecule has 0 bridgehead atoms. The number of aromatic nitrogens is 4. The summed E-state index contributed by atoms with van der Waals surface area (Å²) in [6, 6.07) is 5.48. The van der Waals surface area contributed by atoms with Crippen LogP contribution >= 0.6 is 19.4 Å². The van der Waals surface area contributed by atoms with Crippen molar-refractivity contribution in [1.29, 1.82) is 0 Å². The topological polar surface area (TPSA) is 266 Å². The summed E-state index contributed by atoms with van der Waals surface area (Å²) in [5.41, 5.74) is -3.04. The molecule has 8 unspecified atom stereocenters. The number of esters is 2. The smallest absolute Gasteiger partial charge is 0.457 e. The van der Waals surface area contributed by atoms with Crippen molar-refractivity contribution in [2.24, 2.45) is 0 Å². The SMILES string of the molecule is CC(=O)OC1C(COP(=O)(OCC2OC(n3cc(C)c(=O)[nH]c3=O)C(O)C2OC(C)=O)Oc2ccc(Cl)cc2)OC(n2cc(C)c(=O)[nH]c2=O)C1O. The number of phosphoric acid groups is 1. The van der Waals surface area contributed by atoms with Crippen molar-refractivity contribution in [3.05, 3.63) is 94.5 Å². The van der Waals surface area contributed by atoms with E-state index in [4.69, 9.17) is 44.1 Å². The van der Waals surface area contributed by atoms with Gasteiger partial charge in [0.15, 0.2) is 24.7 Å². The maximum absolute atomic E-state index is 14.2. The van der Waals surface area contributed by atoms with E-state index < -0.39 is 105 Å².